The van der Waals surface area contributed by atoms with Gasteiger partial charge in [0.1, 0.15) is 4.83 Å². The number of carbonyl (C=O) groups is 1. The molecule has 4 aromatic rings. The second-order valence-electron chi connectivity index (χ2n) is 6.17. The summed E-state index contributed by atoms with van der Waals surface area (Å²) in [5, 5.41) is 2.58. The Morgan fingerprint density at radius 2 is 1.96 bits per heavy atom. The van der Waals surface area contributed by atoms with Gasteiger partial charge in [-0.1, -0.05) is 0 Å². The molecular weight excluding hydrogens is 384 g/mol. The standard InChI is InChI=1S/C19H16N2O2S3/c1-10-4-5-16(26-10)14-8-24-18-17(14)19(23)21(9-20-18)7-15(22)13-6-11(2)25-12(13)3/h4-6,8-9H,7H2,1-3H3. The van der Waals surface area contributed by atoms with E-state index in [1.165, 1.54) is 27.1 Å². The fourth-order valence-corrected chi connectivity index (χ4v) is 5.79. The lowest BCUT2D eigenvalue weighted by Crippen LogP contribution is -2.24. The van der Waals surface area contributed by atoms with Crippen molar-refractivity contribution >= 4 is 50.0 Å². The van der Waals surface area contributed by atoms with Gasteiger partial charge in [-0.15, -0.1) is 34.0 Å². The van der Waals surface area contributed by atoms with E-state index >= 15 is 0 Å². The summed E-state index contributed by atoms with van der Waals surface area (Å²) in [6.45, 7) is 5.97. The topological polar surface area (TPSA) is 52.0 Å². The van der Waals surface area contributed by atoms with Crippen molar-refractivity contribution in [3.8, 4) is 10.4 Å². The second-order valence-corrected chi connectivity index (χ2v) is 9.77. The van der Waals surface area contributed by atoms with Crippen LogP contribution in [0.4, 0.5) is 0 Å². The maximum Gasteiger partial charge on any atom is 0.263 e. The van der Waals surface area contributed by atoms with E-state index in [-0.39, 0.29) is 17.9 Å². The third-order valence-corrected chi connectivity index (χ3v) is 7.11. The molecule has 7 heteroatoms. The first kappa shape index (κ1) is 17.3. The van der Waals surface area contributed by atoms with E-state index < -0.39 is 0 Å². The summed E-state index contributed by atoms with van der Waals surface area (Å²) >= 11 is 4.71. The minimum Gasteiger partial charge on any atom is -0.292 e. The molecule has 132 valence electrons. The van der Waals surface area contributed by atoms with Gasteiger partial charge < -0.3 is 0 Å². The first-order valence-electron chi connectivity index (χ1n) is 8.07. The van der Waals surface area contributed by atoms with Crippen LogP contribution >= 0.6 is 34.0 Å². The molecule has 4 nitrogen and oxygen atoms in total. The number of aromatic nitrogens is 2. The van der Waals surface area contributed by atoms with Gasteiger partial charge in [-0.2, -0.15) is 0 Å². The Morgan fingerprint density at radius 1 is 1.15 bits per heavy atom. The van der Waals surface area contributed by atoms with Crippen LogP contribution in [0.1, 0.15) is 25.0 Å². The third kappa shape index (κ3) is 2.96. The highest BCUT2D eigenvalue weighted by Crippen LogP contribution is 2.34. The molecule has 0 amide bonds. The molecule has 0 atom stereocenters. The Labute approximate surface area is 162 Å². The van der Waals surface area contributed by atoms with E-state index in [2.05, 4.69) is 4.98 Å². The molecule has 0 fully saturated rings. The van der Waals surface area contributed by atoms with Gasteiger partial charge in [-0.05, 0) is 39.0 Å². The molecule has 0 saturated heterocycles. The lowest BCUT2D eigenvalue weighted by molar-refractivity contribution is 0.0970. The highest BCUT2D eigenvalue weighted by Gasteiger charge is 2.17. The van der Waals surface area contributed by atoms with Gasteiger partial charge in [-0.25, -0.2) is 4.98 Å². The smallest absolute Gasteiger partial charge is 0.263 e. The van der Waals surface area contributed by atoms with Gasteiger partial charge in [0, 0.05) is 36.0 Å². The lowest BCUT2D eigenvalue weighted by atomic mass is 10.1. The summed E-state index contributed by atoms with van der Waals surface area (Å²) in [4.78, 5) is 35.1. The summed E-state index contributed by atoms with van der Waals surface area (Å²) in [5.41, 5.74) is 1.44. The molecule has 0 spiro atoms. The van der Waals surface area contributed by atoms with E-state index in [0.717, 1.165) is 20.2 Å². The number of Topliss-reactive ketones (excluding diaryl/α,β-unsaturated/α-hetero) is 1. The van der Waals surface area contributed by atoms with E-state index in [4.69, 9.17) is 0 Å². The Balaban J connectivity index is 1.77. The van der Waals surface area contributed by atoms with Crippen molar-refractivity contribution in [1.82, 2.24) is 9.55 Å². The van der Waals surface area contributed by atoms with Crippen LogP contribution in [-0.2, 0) is 6.54 Å². The predicted octanol–water partition coefficient (Wildman–Crippen LogP) is 5.06. The SMILES string of the molecule is Cc1ccc(-c2csc3ncn(CC(=O)c4cc(C)sc4C)c(=O)c23)s1. The minimum atomic E-state index is -0.157. The lowest BCUT2D eigenvalue weighted by Gasteiger charge is -2.05. The number of aryl methyl sites for hydroxylation is 3. The Morgan fingerprint density at radius 3 is 2.62 bits per heavy atom. The quantitative estimate of drug-likeness (QED) is 0.450. The fraction of sp³-hybridized carbons (Fsp3) is 0.211. The molecule has 4 heterocycles. The number of ketones is 1. The molecule has 4 rings (SSSR count). The van der Waals surface area contributed by atoms with Crippen LogP contribution in [0, 0.1) is 20.8 Å². The largest absolute Gasteiger partial charge is 0.292 e. The second kappa shape index (κ2) is 6.57. The molecule has 0 aromatic carbocycles. The molecule has 0 unspecified atom stereocenters. The van der Waals surface area contributed by atoms with Crippen LogP contribution in [0.3, 0.4) is 0 Å². The highest BCUT2D eigenvalue weighted by atomic mass is 32.1. The zero-order valence-corrected chi connectivity index (χ0v) is 17.0. The number of nitrogens with zero attached hydrogens (tertiary/aromatic N) is 2. The number of hydrogen-bond donors (Lipinski definition) is 0. The molecule has 26 heavy (non-hydrogen) atoms. The fourth-order valence-electron chi connectivity index (χ4n) is 2.99. The molecule has 0 aliphatic carbocycles. The van der Waals surface area contributed by atoms with Crippen molar-refractivity contribution < 1.29 is 4.79 Å². The van der Waals surface area contributed by atoms with Crippen molar-refractivity contribution in [3.63, 3.8) is 0 Å². The molecule has 0 radical (unpaired) electrons. The van der Waals surface area contributed by atoms with Crippen LogP contribution < -0.4 is 5.56 Å². The van der Waals surface area contributed by atoms with Gasteiger partial charge in [0.2, 0.25) is 0 Å². The first-order chi connectivity index (χ1) is 12.4. The summed E-state index contributed by atoms with van der Waals surface area (Å²) in [7, 11) is 0. The van der Waals surface area contributed by atoms with Crippen molar-refractivity contribution in [3.05, 3.63) is 60.5 Å². The molecule has 4 aromatic heterocycles. The van der Waals surface area contributed by atoms with E-state index in [0.29, 0.717) is 15.8 Å². The molecule has 0 aliphatic heterocycles. The van der Waals surface area contributed by atoms with Crippen molar-refractivity contribution in [2.24, 2.45) is 0 Å². The maximum atomic E-state index is 13.0. The predicted molar refractivity (Wildman–Crippen MR) is 110 cm³/mol. The first-order valence-corrected chi connectivity index (χ1v) is 10.6. The summed E-state index contributed by atoms with van der Waals surface area (Å²) < 4.78 is 1.42. The van der Waals surface area contributed by atoms with Crippen LogP contribution in [0.15, 0.2) is 34.7 Å². The maximum absolute atomic E-state index is 13.0. The number of carbonyl (C=O) groups excluding carboxylic acids is 1. The average molecular weight is 401 g/mol. The molecule has 0 bridgehead atoms. The van der Waals surface area contributed by atoms with Gasteiger partial charge >= 0.3 is 0 Å². The highest BCUT2D eigenvalue weighted by molar-refractivity contribution is 7.19. The van der Waals surface area contributed by atoms with E-state index in [1.807, 2.05) is 44.4 Å². The van der Waals surface area contributed by atoms with Crippen molar-refractivity contribution in [1.29, 1.82) is 0 Å². The van der Waals surface area contributed by atoms with Crippen LogP contribution in [-0.4, -0.2) is 15.3 Å². The zero-order valence-electron chi connectivity index (χ0n) is 14.5. The number of rotatable bonds is 4. The van der Waals surface area contributed by atoms with Gasteiger partial charge in [0.25, 0.3) is 5.56 Å². The Bertz CT molecular complexity index is 1190. The number of fused-ring (bicyclic) bond motifs is 1. The van der Waals surface area contributed by atoms with E-state index in [9.17, 15) is 9.59 Å². The average Bonchev–Trinajstić information content (AvgIpc) is 3.28. The Hall–Kier alpha value is -2.09. The van der Waals surface area contributed by atoms with E-state index in [1.54, 1.807) is 22.7 Å². The van der Waals surface area contributed by atoms with Crippen LogP contribution in [0.2, 0.25) is 0 Å². The van der Waals surface area contributed by atoms with Crippen molar-refractivity contribution in [2.45, 2.75) is 27.3 Å². The van der Waals surface area contributed by atoms with Gasteiger partial charge in [-0.3, -0.25) is 14.2 Å². The number of hydrogen-bond acceptors (Lipinski definition) is 6. The molecule has 0 N–H and O–H groups in total. The molecular formula is C19H16N2O2S3. The zero-order chi connectivity index (χ0) is 18.4. The normalized spacial score (nSPS) is 11.3. The number of thiophene rings is 3. The van der Waals surface area contributed by atoms with Crippen molar-refractivity contribution in [2.75, 3.05) is 0 Å². The van der Waals surface area contributed by atoms with Gasteiger partial charge in [0.15, 0.2) is 5.78 Å². The molecule has 0 aliphatic rings. The van der Waals surface area contributed by atoms with Crippen LogP contribution in [0.25, 0.3) is 20.7 Å². The monoisotopic (exact) mass is 400 g/mol. The minimum absolute atomic E-state index is 0.0114. The summed E-state index contributed by atoms with van der Waals surface area (Å²) in [5.74, 6) is -0.0566. The van der Waals surface area contributed by atoms with Crippen LogP contribution in [0.5, 0.6) is 0 Å². The van der Waals surface area contributed by atoms with Gasteiger partial charge in [0.05, 0.1) is 18.3 Å². The molecule has 0 saturated carbocycles. The Kier molecular flexibility index (Phi) is 4.38. The summed E-state index contributed by atoms with van der Waals surface area (Å²) in [6, 6.07) is 5.97. The summed E-state index contributed by atoms with van der Waals surface area (Å²) in [6.07, 6.45) is 1.48. The third-order valence-electron chi connectivity index (χ3n) is 4.22.